The molecule has 4 nitrogen and oxygen atoms in total. The minimum Gasteiger partial charge on any atom is -0.465 e. The number of ether oxygens (including phenoxy) is 1. The summed E-state index contributed by atoms with van der Waals surface area (Å²) in [6, 6.07) is 8.08. The Hall–Kier alpha value is -1.36. The number of hydrogen-bond acceptors (Lipinski definition) is 4. The molecule has 13 heavy (non-hydrogen) atoms. The van der Waals surface area contributed by atoms with Gasteiger partial charge in [0.05, 0.1) is 6.26 Å². The third-order valence-electron chi connectivity index (χ3n) is 1.60. The van der Waals surface area contributed by atoms with E-state index in [1.165, 1.54) is 5.56 Å². The van der Waals surface area contributed by atoms with Crippen molar-refractivity contribution >= 4 is 0 Å². The molecular formula is C9H10O4. The highest BCUT2D eigenvalue weighted by molar-refractivity contribution is 5.36. The molecule has 0 atom stereocenters. The minimum absolute atomic E-state index is 0.991. The predicted molar refractivity (Wildman–Crippen MR) is 46.3 cm³/mol. The van der Waals surface area contributed by atoms with Crippen LogP contribution >= 0.6 is 0 Å². The van der Waals surface area contributed by atoms with Crippen molar-refractivity contribution in [1.29, 1.82) is 0 Å². The molecule has 2 N–H and O–H groups in total. The molecule has 4 heteroatoms. The zero-order valence-corrected chi connectivity index (χ0v) is 6.88. The van der Waals surface area contributed by atoms with E-state index in [4.69, 9.17) is 15.3 Å². The van der Waals surface area contributed by atoms with E-state index < -0.39 is 0 Å². The number of para-hydroxylation sites is 1. The van der Waals surface area contributed by atoms with Crippen LogP contribution in [0.2, 0.25) is 0 Å². The van der Waals surface area contributed by atoms with Gasteiger partial charge in [0.15, 0.2) is 0 Å². The smallest absolute Gasteiger partial charge is 0.130 e. The molecule has 1 aromatic rings. The fraction of sp³-hybridized carbons (Fsp3) is 0.111. The Morgan fingerprint density at radius 2 is 1.92 bits per heavy atom. The summed E-state index contributed by atoms with van der Waals surface area (Å²) in [4.78, 5) is 0. The lowest BCUT2D eigenvalue weighted by atomic mass is 10.1. The van der Waals surface area contributed by atoms with Crippen molar-refractivity contribution in [2.24, 2.45) is 0 Å². The molecule has 0 aromatic heterocycles. The van der Waals surface area contributed by atoms with E-state index >= 15 is 0 Å². The lowest BCUT2D eigenvalue weighted by Gasteiger charge is -2.09. The second kappa shape index (κ2) is 5.31. The van der Waals surface area contributed by atoms with Crippen LogP contribution in [0.3, 0.4) is 0 Å². The molecule has 0 fully saturated rings. The zero-order chi connectivity index (χ0) is 9.52. The summed E-state index contributed by atoms with van der Waals surface area (Å²) in [7, 11) is 0. The lowest BCUT2D eigenvalue weighted by Crippen LogP contribution is -1.94. The molecular weight excluding hydrogens is 172 g/mol. The molecule has 0 amide bonds. The molecule has 0 saturated carbocycles. The van der Waals surface area contributed by atoms with E-state index in [0.29, 0.717) is 0 Å². The van der Waals surface area contributed by atoms with Crippen molar-refractivity contribution in [3.63, 3.8) is 0 Å². The van der Waals surface area contributed by atoms with Crippen molar-refractivity contribution in [3.8, 4) is 5.75 Å². The lowest BCUT2D eigenvalue weighted by molar-refractivity contribution is -0.465. The highest BCUT2D eigenvalue weighted by atomic mass is 17.4. The van der Waals surface area contributed by atoms with Gasteiger partial charge in [-0.1, -0.05) is 23.2 Å². The SMILES string of the molecule is C1=COc2ccccc2C1.OOO. The summed E-state index contributed by atoms with van der Waals surface area (Å²) in [5.74, 6) is 0.991. The number of benzene rings is 1. The molecule has 2 rings (SSSR count). The molecule has 70 valence electrons. The van der Waals surface area contributed by atoms with Crippen LogP contribution in [0.25, 0.3) is 0 Å². The first kappa shape index (κ1) is 9.73. The van der Waals surface area contributed by atoms with E-state index in [1.54, 1.807) is 6.26 Å². The van der Waals surface area contributed by atoms with Gasteiger partial charge in [0.1, 0.15) is 5.75 Å². The van der Waals surface area contributed by atoms with Gasteiger partial charge in [0, 0.05) is 0 Å². The van der Waals surface area contributed by atoms with Gasteiger partial charge in [0.2, 0.25) is 0 Å². The second-order valence-electron chi connectivity index (χ2n) is 2.38. The van der Waals surface area contributed by atoms with E-state index in [0.717, 1.165) is 12.2 Å². The van der Waals surface area contributed by atoms with Gasteiger partial charge < -0.3 is 4.74 Å². The van der Waals surface area contributed by atoms with Gasteiger partial charge >= 0.3 is 0 Å². The normalized spacial score (nSPS) is 12.2. The van der Waals surface area contributed by atoms with Gasteiger partial charge in [-0.3, -0.25) is 0 Å². The molecule has 0 aliphatic carbocycles. The van der Waals surface area contributed by atoms with E-state index in [-0.39, 0.29) is 0 Å². The molecule has 1 heterocycles. The van der Waals surface area contributed by atoms with Crippen molar-refractivity contribution < 1.29 is 20.3 Å². The first-order valence-corrected chi connectivity index (χ1v) is 3.73. The number of hydrogen-bond donors (Lipinski definition) is 2. The average molecular weight is 182 g/mol. The topological polar surface area (TPSA) is 58.9 Å². The Labute approximate surface area is 75.5 Å². The standard InChI is InChI=1S/C9H8O.H2O3/c1-2-6-9-8(4-1)5-3-7-10-9;1-3-2/h1-4,6-7H,5H2;1-2H. The van der Waals surface area contributed by atoms with Gasteiger partial charge in [-0.15, -0.1) is 0 Å². The van der Waals surface area contributed by atoms with Crippen LogP contribution in [0.4, 0.5) is 0 Å². The summed E-state index contributed by atoms with van der Waals surface area (Å²) >= 11 is 0. The monoisotopic (exact) mass is 182 g/mol. The van der Waals surface area contributed by atoms with E-state index in [2.05, 4.69) is 11.1 Å². The third kappa shape index (κ3) is 2.87. The van der Waals surface area contributed by atoms with Crippen LogP contribution in [-0.2, 0) is 11.5 Å². The molecule has 0 spiro atoms. The maximum atomic E-state index is 6.62. The quantitative estimate of drug-likeness (QED) is 0.476. The number of rotatable bonds is 0. The number of allylic oxidation sites excluding steroid dienone is 1. The Morgan fingerprint density at radius 3 is 2.62 bits per heavy atom. The Bertz CT molecular complexity index is 256. The Kier molecular flexibility index (Phi) is 3.98. The van der Waals surface area contributed by atoms with E-state index in [1.807, 2.05) is 24.3 Å². The van der Waals surface area contributed by atoms with Gasteiger partial charge in [-0.05, 0) is 24.1 Å². The maximum absolute atomic E-state index is 6.62. The van der Waals surface area contributed by atoms with Crippen molar-refractivity contribution in [1.82, 2.24) is 0 Å². The fourth-order valence-corrected chi connectivity index (χ4v) is 1.08. The summed E-state index contributed by atoms with van der Waals surface area (Å²) < 4.78 is 5.24. The summed E-state index contributed by atoms with van der Waals surface area (Å²) in [5, 5.41) is 15.5. The number of fused-ring (bicyclic) bond motifs is 1. The molecule has 0 unspecified atom stereocenters. The Morgan fingerprint density at radius 1 is 1.23 bits per heavy atom. The largest absolute Gasteiger partial charge is 0.465 e. The van der Waals surface area contributed by atoms with Crippen molar-refractivity contribution in [2.45, 2.75) is 6.42 Å². The molecule has 1 aromatic carbocycles. The second-order valence-corrected chi connectivity index (χ2v) is 2.38. The Balaban J connectivity index is 0.000000251. The summed E-state index contributed by atoms with van der Waals surface area (Å²) in [6.45, 7) is 0. The zero-order valence-electron chi connectivity index (χ0n) is 6.88. The van der Waals surface area contributed by atoms with Gasteiger partial charge in [0.25, 0.3) is 0 Å². The van der Waals surface area contributed by atoms with Crippen molar-refractivity contribution in [3.05, 3.63) is 42.2 Å². The van der Waals surface area contributed by atoms with Gasteiger partial charge in [-0.25, -0.2) is 10.5 Å². The van der Waals surface area contributed by atoms with E-state index in [9.17, 15) is 0 Å². The van der Waals surface area contributed by atoms with Crippen LogP contribution in [0.15, 0.2) is 36.6 Å². The maximum Gasteiger partial charge on any atom is 0.130 e. The highest BCUT2D eigenvalue weighted by Crippen LogP contribution is 2.21. The molecule has 1 aliphatic rings. The third-order valence-corrected chi connectivity index (χ3v) is 1.60. The highest BCUT2D eigenvalue weighted by Gasteiger charge is 2.02. The summed E-state index contributed by atoms with van der Waals surface area (Å²) in [5.41, 5.74) is 1.27. The van der Waals surface area contributed by atoms with Crippen LogP contribution in [0.5, 0.6) is 5.75 Å². The van der Waals surface area contributed by atoms with Crippen molar-refractivity contribution in [2.75, 3.05) is 0 Å². The molecule has 0 saturated heterocycles. The average Bonchev–Trinajstić information content (AvgIpc) is 2.19. The summed E-state index contributed by atoms with van der Waals surface area (Å²) in [6.07, 6.45) is 4.75. The first-order valence-electron chi connectivity index (χ1n) is 3.73. The van der Waals surface area contributed by atoms with Crippen LogP contribution < -0.4 is 4.74 Å². The fourth-order valence-electron chi connectivity index (χ4n) is 1.08. The predicted octanol–water partition coefficient (Wildman–Crippen LogP) is 2.08. The first-order chi connectivity index (χ1) is 6.38. The van der Waals surface area contributed by atoms with Crippen LogP contribution in [-0.4, -0.2) is 10.5 Å². The van der Waals surface area contributed by atoms with Crippen LogP contribution in [0.1, 0.15) is 5.56 Å². The molecule has 1 aliphatic heterocycles. The van der Waals surface area contributed by atoms with Gasteiger partial charge in [-0.2, -0.15) is 0 Å². The molecule has 0 bridgehead atoms. The van der Waals surface area contributed by atoms with Crippen LogP contribution in [0, 0.1) is 0 Å². The molecule has 0 radical (unpaired) electrons. The minimum atomic E-state index is 0.991.